The molecule has 5 aliphatic rings. The number of ether oxygens (including phenoxy) is 1. The fourth-order valence-corrected chi connectivity index (χ4v) is 5.57. The minimum Gasteiger partial charge on any atom is -0.356 e. The summed E-state index contributed by atoms with van der Waals surface area (Å²) in [6.45, 7) is 2.10. The molecule has 1 aromatic carbocycles. The Balaban J connectivity index is 1.34. The van der Waals surface area contributed by atoms with E-state index < -0.39 is 5.91 Å². The van der Waals surface area contributed by atoms with E-state index in [0.717, 1.165) is 37.4 Å². The van der Waals surface area contributed by atoms with Crippen molar-refractivity contribution in [2.24, 2.45) is 5.92 Å². The first-order valence-corrected chi connectivity index (χ1v) is 9.47. The lowest BCUT2D eigenvalue weighted by atomic mass is 9.72. The van der Waals surface area contributed by atoms with Crippen molar-refractivity contribution in [2.75, 3.05) is 13.1 Å². The van der Waals surface area contributed by atoms with Gasteiger partial charge in [0.2, 0.25) is 0 Å². The molecular formula is C19H24FN3O3. The molecule has 6 nitrogen and oxygen atoms in total. The first-order chi connectivity index (χ1) is 12.5. The van der Waals surface area contributed by atoms with Crippen LogP contribution in [0, 0.1) is 11.7 Å². The fraction of sp³-hybridized carbons (Fsp3) is 0.632. The molecule has 140 valence electrons. The van der Waals surface area contributed by atoms with E-state index in [1.165, 1.54) is 18.9 Å². The molecule has 1 amide bonds. The van der Waals surface area contributed by atoms with E-state index in [9.17, 15) is 9.18 Å². The molecule has 1 aliphatic carbocycles. The summed E-state index contributed by atoms with van der Waals surface area (Å²) in [6, 6.07) is 3.45. The van der Waals surface area contributed by atoms with Crippen LogP contribution in [-0.2, 0) is 17.7 Å². The number of fused-ring (bicyclic) bond motifs is 1. The molecule has 26 heavy (non-hydrogen) atoms. The third kappa shape index (κ3) is 2.74. The Hall–Kier alpha value is -1.54. The van der Waals surface area contributed by atoms with Gasteiger partial charge in [0.05, 0.1) is 6.10 Å². The molecule has 1 saturated carbocycles. The predicted octanol–water partition coefficient (Wildman–Crippen LogP) is 1.56. The Labute approximate surface area is 151 Å². The highest BCUT2D eigenvalue weighted by Crippen LogP contribution is 2.45. The van der Waals surface area contributed by atoms with Crippen LogP contribution in [0.1, 0.15) is 47.2 Å². The highest BCUT2D eigenvalue weighted by atomic mass is 19.1. The second-order valence-electron chi connectivity index (χ2n) is 8.35. The van der Waals surface area contributed by atoms with Gasteiger partial charge in [0, 0.05) is 36.8 Å². The summed E-state index contributed by atoms with van der Waals surface area (Å²) in [4.78, 5) is 13.8. The Kier molecular flexibility index (Phi) is 3.83. The number of nitrogens with one attached hydrogen (secondary N) is 2. The molecule has 6 rings (SSSR count). The Morgan fingerprint density at radius 2 is 2.31 bits per heavy atom. The van der Waals surface area contributed by atoms with E-state index in [1.54, 1.807) is 11.5 Å². The zero-order chi connectivity index (χ0) is 17.9. The van der Waals surface area contributed by atoms with Crippen LogP contribution >= 0.6 is 0 Å². The average Bonchev–Trinajstić information content (AvgIpc) is 2.60. The van der Waals surface area contributed by atoms with Gasteiger partial charge in [0.15, 0.2) is 0 Å². The number of halogens is 1. The lowest BCUT2D eigenvalue weighted by Crippen LogP contribution is -2.70. The van der Waals surface area contributed by atoms with Crippen LogP contribution in [0.2, 0.25) is 0 Å². The quantitative estimate of drug-likeness (QED) is 0.563. The maximum absolute atomic E-state index is 14.6. The number of piperidine rings is 1. The third-order valence-corrected chi connectivity index (χ3v) is 6.45. The second-order valence-corrected chi connectivity index (χ2v) is 8.35. The maximum Gasteiger partial charge on any atom is 0.274 e. The number of nitrogens with zero attached hydrogens (tertiary/aromatic N) is 1. The molecule has 0 aromatic heterocycles. The second kappa shape index (κ2) is 5.99. The van der Waals surface area contributed by atoms with Crippen molar-refractivity contribution in [3.05, 3.63) is 34.6 Å². The van der Waals surface area contributed by atoms with Crippen molar-refractivity contribution in [1.29, 1.82) is 0 Å². The van der Waals surface area contributed by atoms with Gasteiger partial charge in [-0.2, -0.15) is 0 Å². The molecule has 4 unspecified atom stereocenters. The Bertz CT molecular complexity index is 719. The number of carbonyl (C=O) groups excluding carboxylic acids is 1. The number of rotatable bonds is 3. The Morgan fingerprint density at radius 1 is 1.42 bits per heavy atom. The smallest absolute Gasteiger partial charge is 0.274 e. The SMILES string of the molecule is O=C(NO)c1cc(F)c2c(c1)CCN(CC13CC4CC(CC(C4)O1)N3)C2. The number of hydrogen-bond acceptors (Lipinski definition) is 5. The van der Waals surface area contributed by atoms with E-state index in [0.29, 0.717) is 30.7 Å². The van der Waals surface area contributed by atoms with Crippen molar-refractivity contribution in [1.82, 2.24) is 15.7 Å². The molecule has 4 fully saturated rings. The van der Waals surface area contributed by atoms with Gasteiger partial charge in [-0.25, -0.2) is 9.87 Å². The summed E-state index contributed by atoms with van der Waals surface area (Å²) in [5, 5.41) is 12.5. The summed E-state index contributed by atoms with van der Waals surface area (Å²) in [5.41, 5.74) is 2.94. The number of carbonyl (C=O) groups is 1. The number of benzene rings is 1. The zero-order valence-electron chi connectivity index (χ0n) is 14.6. The third-order valence-electron chi connectivity index (χ3n) is 6.45. The summed E-state index contributed by atoms with van der Waals surface area (Å²) < 4.78 is 20.9. The van der Waals surface area contributed by atoms with E-state index in [2.05, 4.69) is 10.2 Å². The van der Waals surface area contributed by atoms with E-state index in [1.807, 2.05) is 0 Å². The van der Waals surface area contributed by atoms with Crippen molar-refractivity contribution in [3.8, 4) is 0 Å². The standard InChI is InChI=1S/C19H24FN3O3/c20-17-6-13(18(24)22-25)5-12-1-2-23(9-16(12)17)10-19-8-11-3-14(21-19)7-15(4-11)26-19/h5-6,11,14-15,21,25H,1-4,7-10H2,(H,22,24). The monoisotopic (exact) mass is 361 g/mol. The molecule has 7 heteroatoms. The van der Waals surface area contributed by atoms with Crippen LogP contribution in [0.25, 0.3) is 0 Å². The summed E-state index contributed by atoms with van der Waals surface area (Å²) >= 11 is 0. The van der Waals surface area contributed by atoms with Gasteiger partial charge in [-0.15, -0.1) is 0 Å². The van der Waals surface area contributed by atoms with Crippen molar-refractivity contribution in [3.63, 3.8) is 0 Å². The molecule has 0 spiro atoms. The predicted molar refractivity (Wildman–Crippen MR) is 91.1 cm³/mol. The minimum atomic E-state index is -0.680. The fourth-order valence-electron chi connectivity index (χ4n) is 5.57. The van der Waals surface area contributed by atoms with Gasteiger partial charge < -0.3 is 4.74 Å². The van der Waals surface area contributed by atoms with E-state index in [-0.39, 0.29) is 17.1 Å². The van der Waals surface area contributed by atoms with Crippen LogP contribution in [-0.4, -0.2) is 47.0 Å². The first-order valence-electron chi connectivity index (χ1n) is 9.47. The van der Waals surface area contributed by atoms with Crippen LogP contribution in [0.3, 0.4) is 0 Å². The van der Waals surface area contributed by atoms with Crippen LogP contribution < -0.4 is 10.8 Å². The molecule has 0 radical (unpaired) electrons. The lowest BCUT2D eigenvalue weighted by molar-refractivity contribution is -0.233. The summed E-state index contributed by atoms with van der Waals surface area (Å²) in [7, 11) is 0. The normalized spacial score (nSPS) is 35.4. The molecule has 4 aliphatic heterocycles. The van der Waals surface area contributed by atoms with E-state index in [4.69, 9.17) is 9.94 Å². The van der Waals surface area contributed by atoms with Crippen molar-refractivity contribution >= 4 is 5.91 Å². The summed E-state index contributed by atoms with van der Waals surface area (Å²) in [6.07, 6.45) is 5.67. The highest BCUT2D eigenvalue weighted by Gasteiger charge is 2.52. The average molecular weight is 361 g/mol. The molecule has 1 aromatic rings. The highest BCUT2D eigenvalue weighted by molar-refractivity contribution is 5.93. The number of hydrogen-bond donors (Lipinski definition) is 3. The molecule has 4 atom stereocenters. The lowest BCUT2D eigenvalue weighted by Gasteiger charge is -2.58. The number of amides is 1. The maximum atomic E-state index is 14.6. The van der Waals surface area contributed by atoms with Gasteiger partial charge in [-0.3, -0.25) is 20.2 Å². The van der Waals surface area contributed by atoms with Gasteiger partial charge >= 0.3 is 0 Å². The summed E-state index contributed by atoms with van der Waals surface area (Å²) in [5.74, 6) is -0.312. The zero-order valence-corrected chi connectivity index (χ0v) is 14.6. The van der Waals surface area contributed by atoms with Crippen LogP contribution in [0.15, 0.2) is 12.1 Å². The van der Waals surface area contributed by atoms with Gasteiger partial charge in [-0.05, 0) is 55.7 Å². The van der Waals surface area contributed by atoms with E-state index >= 15 is 0 Å². The topological polar surface area (TPSA) is 73.8 Å². The molecule has 4 bridgehead atoms. The minimum absolute atomic E-state index is 0.156. The molecule has 3 saturated heterocycles. The van der Waals surface area contributed by atoms with Crippen molar-refractivity contribution < 1.29 is 19.1 Å². The molecule has 4 heterocycles. The Morgan fingerprint density at radius 3 is 3.08 bits per heavy atom. The van der Waals surface area contributed by atoms with Crippen molar-refractivity contribution in [2.45, 2.75) is 56.5 Å². The molecule has 3 N–H and O–H groups in total. The van der Waals surface area contributed by atoms with Gasteiger partial charge in [0.1, 0.15) is 11.5 Å². The van der Waals surface area contributed by atoms with Gasteiger partial charge in [-0.1, -0.05) is 0 Å². The first kappa shape index (κ1) is 16.6. The number of hydroxylamine groups is 1. The van der Waals surface area contributed by atoms with Gasteiger partial charge in [0.25, 0.3) is 5.91 Å². The van der Waals surface area contributed by atoms with Crippen LogP contribution in [0.4, 0.5) is 4.39 Å². The van der Waals surface area contributed by atoms with Crippen LogP contribution in [0.5, 0.6) is 0 Å². The largest absolute Gasteiger partial charge is 0.356 e. The molecular weight excluding hydrogens is 337 g/mol.